The molecule has 2 aromatic rings. The first-order valence-corrected chi connectivity index (χ1v) is 5.28. The van der Waals surface area contributed by atoms with Gasteiger partial charge in [-0.25, -0.2) is 0 Å². The molecule has 2 aromatic heterocycles. The van der Waals surface area contributed by atoms with Crippen molar-refractivity contribution in [3.8, 4) is 23.3 Å². The number of aromatic amines is 1. The third-order valence-electron chi connectivity index (χ3n) is 1.94. The van der Waals surface area contributed by atoms with Crippen molar-refractivity contribution in [2.45, 2.75) is 0 Å². The fraction of sp³-hybridized carbons (Fsp3) is 0.111. The molecule has 0 aliphatic heterocycles. The summed E-state index contributed by atoms with van der Waals surface area (Å²) in [6.07, 6.45) is 0. The van der Waals surface area contributed by atoms with Gasteiger partial charge in [0, 0.05) is 6.07 Å². The zero-order chi connectivity index (χ0) is 12.4. The molecule has 2 N–H and O–H groups in total. The van der Waals surface area contributed by atoms with Crippen LogP contribution in [0.1, 0.15) is 0 Å². The number of ether oxygens (including phenoxy) is 1. The highest BCUT2D eigenvalue weighted by molar-refractivity contribution is 9.10. The Morgan fingerprint density at radius 1 is 1.41 bits per heavy atom. The van der Waals surface area contributed by atoms with Crippen LogP contribution < -0.4 is 10.3 Å². The van der Waals surface area contributed by atoms with Gasteiger partial charge in [0.05, 0.1) is 7.11 Å². The zero-order valence-corrected chi connectivity index (χ0v) is 10.2. The van der Waals surface area contributed by atoms with Crippen LogP contribution in [-0.2, 0) is 0 Å². The summed E-state index contributed by atoms with van der Waals surface area (Å²) >= 11 is 2.90. The normalized spacial score (nSPS) is 10.2. The minimum Gasteiger partial charge on any atom is -0.492 e. The summed E-state index contributed by atoms with van der Waals surface area (Å²) in [6, 6.07) is 3.14. The van der Waals surface area contributed by atoms with Crippen molar-refractivity contribution >= 4 is 15.9 Å². The van der Waals surface area contributed by atoms with E-state index in [-0.39, 0.29) is 10.3 Å². The molecule has 0 atom stereocenters. The van der Waals surface area contributed by atoms with Crippen LogP contribution in [0.25, 0.3) is 11.5 Å². The lowest BCUT2D eigenvalue weighted by Gasteiger charge is -2.02. The Morgan fingerprint density at radius 2 is 2.18 bits per heavy atom. The van der Waals surface area contributed by atoms with Crippen LogP contribution in [0.5, 0.6) is 11.8 Å². The van der Waals surface area contributed by atoms with Crippen molar-refractivity contribution in [1.82, 2.24) is 20.2 Å². The second-order valence-electron chi connectivity index (χ2n) is 3.01. The largest absolute Gasteiger partial charge is 0.492 e. The lowest BCUT2D eigenvalue weighted by atomic mass is 10.3. The van der Waals surface area contributed by atoms with Gasteiger partial charge in [0.25, 0.3) is 5.56 Å². The van der Waals surface area contributed by atoms with Gasteiger partial charge in [0.1, 0.15) is 10.2 Å². The molecule has 0 radical (unpaired) electrons. The minimum atomic E-state index is -0.495. The van der Waals surface area contributed by atoms with E-state index in [9.17, 15) is 9.90 Å². The number of aromatic hydroxyl groups is 1. The summed E-state index contributed by atoms with van der Waals surface area (Å²) in [7, 11) is 1.47. The van der Waals surface area contributed by atoms with E-state index in [4.69, 9.17) is 4.74 Å². The zero-order valence-electron chi connectivity index (χ0n) is 8.64. The Hall–Kier alpha value is -1.96. The number of nitrogens with one attached hydrogen (secondary N) is 1. The molecule has 0 amide bonds. The average molecular weight is 299 g/mol. The summed E-state index contributed by atoms with van der Waals surface area (Å²) in [5.41, 5.74) is -0.171. The van der Waals surface area contributed by atoms with E-state index in [1.165, 1.54) is 7.11 Å². The maximum Gasteiger partial charge on any atom is 0.269 e. The standard InChI is InChI=1S/C9H7BrN4O3/c1-17-5-3-2-4(13-14-5)7-11-8(15)6(10)9(16)12-7/h2-3H,1H3,(H2,11,12,15,16). The van der Waals surface area contributed by atoms with Crippen LogP contribution in [0.15, 0.2) is 21.4 Å². The topological polar surface area (TPSA) is 101 Å². The molecule has 0 aromatic carbocycles. The number of hydrogen-bond donors (Lipinski definition) is 2. The second-order valence-corrected chi connectivity index (χ2v) is 3.81. The highest BCUT2D eigenvalue weighted by Gasteiger charge is 2.10. The first-order chi connectivity index (χ1) is 8.11. The lowest BCUT2D eigenvalue weighted by molar-refractivity contribution is 0.392. The molecule has 2 heterocycles. The van der Waals surface area contributed by atoms with Gasteiger partial charge in [0.15, 0.2) is 5.82 Å². The summed E-state index contributed by atoms with van der Waals surface area (Å²) < 4.78 is 4.82. The number of nitrogens with zero attached hydrogens (tertiary/aromatic N) is 3. The van der Waals surface area contributed by atoms with E-state index < -0.39 is 11.4 Å². The van der Waals surface area contributed by atoms with Crippen LogP contribution in [-0.4, -0.2) is 32.4 Å². The van der Waals surface area contributed by atoms with Crippen LogP contribution in [0.2, 0.25) is 0 Å². The Morgan fingerprint density at radius 3 is 2.71 bits per heavy atom. The van der Waals surface area contributed by atoms with Gasteiger partial charge in [-0.05, 0) is 22.0 Å². The Labute approximate surface area is 104 Å². The molecule has 17 heavy (non-hydrogen) atoms. The molecular formula is C9H7BrN4O3. The first kappa shape index (κ1) is 11.5. The Kier molecular flexibility index (Phi) is 3.05. The van der Waals surface area contributed by atoms with Crippen molar-refractivity contribution in [2.24, 2.45) is 0 Å². The fourth-order valence-corrected chi connectivity index (χ4v) is 1.31. The molecule has 0 saturated heterocycles. The molecular weight excluding hydrogens is 292 g/mol. The third kappa shape index (κ3) is 2.26. The van der Waals surface area contributed by atoms with Gasteiger partial charge in [-0.3, -0.25) is 4.79 Å². The van der Waals surface area contributed by atoms with Gasteiger partial charge in [-0.15, -0.1) is 10.2 Å². The van der Waals surface area contributed by atoms with Gasteiger partial charge >= 0.3 is 0 Å². The molecule has 2 rings (SSSR count). The van der Waals surface area contributed by atoms with Crippen molar-refractivity contribution in [3.63, 3.8) is 0 Å². The average Bonchev–Trinajstić information content (AvgIpc) is 2.35. The van der Waals surface area contributed by atoms with Crippen molar-refractivity contribution in [2.75, 3.05) is 7.11 Å². The van der Waals surface area contributed by atoms with Gasteiger partial charge in [0.2, 0.25) is 11.8 Å². The van der Waals surface area contributed by atoms with E-state index in [1.54, 1.807) is 12.1 Å². The van der Waals surface area contributed by atoms with E-state index in [0.717, 1.165) is 0 Å². The molecule has 0 aliphatic rings. The highest BCUT2D eigenvalue weighted by Crippen LogP contribution is 2.19. The van der Waals surface area contributed by atoms with Gasteiger partial charge in [-0.2, -0.15) is 4.98 Å². The predicted molar refractivity (Wildman–Crippen MR) is 61.8 cm³/mol. The Bertz CT molecular complexity index is 596. The summed E-state index contributed by atoms with van der Waals surface area (Å²) in [5, 5.41) is 16.9. The van der Waals surface area contributed by atoms with Crippen molar-refractivity contribution in [3.05, 3.63) is 27.0 Å². The van der Waals surface area contributed by atoms with E-state index in [2.05, 4.69) is 36.1 Å². The third-order valence-corrected chi connectivity index (χ3v) is 2.65. The maximum atomic E-state index is 11.4. The van der Waals surface area contributed by atoms with Crippen molar-refractivity contribution < 1.29 is 9.84 Å². The summed E-state index contributed by atoms with van der Waals surface area (Å²) in [5.74, 6) is 0.0738. The molecule has 8 heteroatoms. The fourth-order valence-electron chi connectivity index (χ4n) is 1.12. The molecule has 7 nitrogen and oxygen atoms in total. The number of halogens is 1. The first-order valence-electron chi connectivity index (χ1n) is 4.48. The molecule has 0 bridgehead atoms. The lowest BCUT2D eigenvalue weighted by Crippen LogP contribution is -2.10. The molecule has 88 valence electrons. The van der Waals surface area contributed by atoms with Crippen LogP contribution >= 0.6 is 15.9 Å². The van der Waals surface area contributed by atoms with Crippen LogP contribution in [0.4, 0.5) is 0 Å². The number of hydrogen-bond acceptors (Lipinski definition) is 6. The van der Waals surface area contributed by atoms with E-state index >= 15 is 0 Å². The SMILES string of the molecule is COc1ccc(-c2nc(O)c(Br)c(=O)[nH]2)nn1. The summed E-state index contributed by atoms with van der Waals surface area (Å²) in [4.78, 5) is 17.6. The van der Waals surface area contributed by atoms with Crippen molar-refractivity contribution in [1.29, 1.82) is 0 Å². The van der Waals surface area contributed by atoms with E-state index in [0.29, 0.717) is 11.6 Å². The Balaban J connectivity index is 2.49. The molecule has 0 saturated carbocycles. The quantitative estimate of drug-likeness (QED) is 0.846. The number of aromatic nitrogens is 4. The monoisotopic (exact) mass is 298 g/mol. The maximum absolute atomic E-state index is 11.4. The smallest absolute Gasteiger partial charge is 0.269 e. The second kappa shape index (κ2) is 4.50. The number of H-pyrrole nitrogens is 1. The summed E-state index contributed by atoms with van der Waals surface area (Å²) in [6.45, 7) is 0. The molecule has 0 spiro atoms. The molecule has 0 fully saturated rings. The highest BCUT2D eigenvalue weighted by atomic mass is 79.9. The molecule has 0 aliphatic carbocycles. The van der Waals surface area contributed by atoms with E-state index in [1.807, 2.05) is 0 Å². The number of methoxy groups -OCH3 is 1. The van der Waals surface area contributed by atoms with Crippen LogP contribution in [0.3, 0.4) is 0 Å². The van der Waals surface area contributed by atoms with Gasteiger partial charge in [-0.1, -0.05) is 0 Å². The minimum absolute atomic E-state index is 0.0253. The number of rotatable bonds is 2. The molecule has 0 unspecified atom stereocenters. The predicted octanol–water partition coefficient (Wildman–Crippen LogP) is 0.704. The van der Waals surface area contributed by atoms with Crippen LogP contribution in [0, 0.1) is 0 Å². The van der Waals surface area contributed by atoms with Gasteiger partial charge < -0.3 is 14.8 Å².